The molecule has 0 heterocycles. The van der Waals surface area contributed by atoms with Crippen LogP contribution in [0.15, 0.2) is 53.0 Å². The Morgan fingerprint density at radius 2 is 1.70 bits per heavy atom. The third-order valence-corrected chi connectivity index (χ3v) is 3.39. The molecule has 2 rings (SSSR count). The van der Waals surface area contributed by atoms with Crippen LogP contribution in [-0.2, 0) is 4.74 Å². The highest BCUT2D eigenvalue weighted by Gasteiger charge is 2.19. The van der Waals surface area contributed by atoms with Crippen molar-refractivity contribution in [3.63, 3.8) is 0 Å². The molecule has 5 heteroatoms. The molecule has 0 aliphatic carbocycles. The van der Waals surface area contributed by atoms with Gasteiger partial charge in [-0.2, -0.15) is 0 Å². The zero-order valence-electron chi connectivity index (χ0n) is 13.2. The molecule has 4 nitrogen and oxygen atoms in total. The van der Waals surface area contributed by atoms with E-state index in [1.807, 2.05) is 6.07 Å². The summed E-state index contributed by atoms with van der Waals surface area (Å²) in [6.45, 7) is 5.35. The number of hydrogen-bond acceptors (Lipinski definition) is 3. The second-order valence-electron chi connectivity index (χ2n) is 6.01. The van der Waals surface area contributed by atoms with Gasteiger partial charge in [0.2, 0.25) is 0 Å². The fourth-order valence-electron chi connectivity index (χ4n) is 1.97. The number of hydrogen-bond donors (Lipinski definition) is 1. The Hall–Kier alpha value is -2.14. The highest BCUT2D eigenvalue weighted by molar-refractivity contribution is 9.10. The number of ether oxygens (including phenoxy) is 1. The van der Waals surface area contributed by atoms with Gasteiger partial charge in [-0.1, -0.05) is 46.3 Å². The molecule has 0 fully saturated rings. The van der Waals surface area contributed by atoms with E-state index < -0.39 is 11.7 Å². The largest absolute Gasteiger partial charge is 0.444 e. The minimum absolute atomic E-state index is 0.169. The number of rotatable bonds is 3. The Kier molecular flexibility index (Phi) is 5.21. The van der Waals surface area contributed by atoms with Crippen LogP contribution < -0.4 is 5.32 Å². The molecule has 120 valence electrons. The van der Waals surface area contributed by atoms with Gasteiger partial charge in [0, 0.05) is 15.6 Å². The molecule has 0 aromatic heterocycles. The van der Waals surface area contributed by atoms with Crippen LogP contribution in [0.25, 0.3) is 0 Å². The zero-order valence-corrected chi connectivity index (χ0v) is 14.8. The first-order chi connectivity index (χ1) is 10.8. The molecule has 0 spiro atoms. The smallest absolute Gasteiger partial charge is 0.412 e. The van der Waals surface area contributed by atoms with Gasteiger partial charge >= 0.3 is 6.09 Å². The van der Waals surface area contributed by atoms with E-state index in [9.17, 15) is 9.59 Å². The van der Waals surface area contributed by atoms with Gasteiger partial charge in [-0.05, 0) is 39.0 Å². The van der Waals surface area contributed by atoms with Gasteiger partial charge in [0.05, 0.1) is 5.69 Å². The Balaban J connectivity index is 2.31. The standard InChI is InChI=1S/C18H18BrNO3/c1-18(2,3)23-17(22)20-15-10-9-13(19)11-14(15)16(21)12-7-5-4-6-8-12/h4-11H,1-3H3,(H,20,22). The summed E-state index contributed by atoms with van der Waals surface area (Å²) in [5.74, 6) is -0.169. The minimum Gasteiger partial charge on any atom is -0.444 e. The third kappa shape index (κ3) is 4.93. The number of benzene rings is 2. The molecule has 23 heavy (non-hydrogen) atoms. The predicted octanol–water partition coefficient (Wildman–Crippen LogP) is 5.03. The summed E-state index contributed by atoms with van der Waals surface area (Å²) in [6.07, 6.45) is -0.595. The average Bonchev–Trinajstić information content (AvgIpc) is 2.47. The SMILES string of the molecule is CC(C)(C)OC(=O)Nc1ccc(Br)cc1C(=O)c1ccccc1. The Morgan fingerprint density at radius 3 is 2.30 bits per heavy atom. The lowest BCUT2D eigenvalue weighted by atomic mass is 10.0. The van der Waals surface area contributed by atoms with Crippen molar-refractivity contribution in [2.24, 2.45) is 0 Å². The van der Waals surface area contributed by atoms with E-state index in [1.54, 1.807) is 63.2 Å². The van der Waals surface area contributed by atoms with E-state index in [4.69, 9.17) is 4.74 Å². The van der Waals surface area contributed by atoms with Crippen LogP contribution in [0.4, 0.5) is 10.5 Å². The lowest BCUT2D eigenvalue weighted by Crippen LogP contribution is -2.27. The van der Waals surface area contributed by atoms with Crippen molar-refractivity contribution in [3.05, 3.63) is 64.1 Å². The van der Waals surface area contributed by atoms with Crippen LogP contribution in [0.3, 0.4) is 0 Å². The molecule has 0 unspecified atom stereocenters. The topological polar surface area (TPSA) is 55.4 Å². The van der Waals surface area contributed by atoms with Crippen LogP contribution in [0.2, 0.25) is 0 Å². The number of ketones is 1. The number of amides is 1. The molecule has 2 aromatic rings. The van der Waals surface area contributed by atoms with E-state index in [1.165, 1.54) is 0 Å². The first-order valence-corrected chi connectivity index (χ1v) is 7.95. The highest BCUT2D eigenvalue weighted by atomic mass is 79.9. The van der Waals surface area contributed by atoms with E-state index in [0.29, 0.717) is 16.8 Å². The lowest BCUT2D eigenvalue weighted by Gasteiger charge is -2.20. The minimum atomic E-state index is -0.608. The fraction of sp³-hybridized carbons (Fsp3) is 0.222. The van der Waals surface area contributed by atoms with Crippen molar-refractivity contribution in [3.8, 4) is 0 Å². The maximum absolute atomic E-state index is 12.7. The van der Waals surface area contributed by atoms with E-state index in [-0.39, 0.29) is 5.78 Å². The average molecular weight is 376 g/mol. The molecule has 0 saturated carbocycles. The summed E-state index contributed by atoms with van der Waals surface area (Å²) < 4.78 is 6.00. The van der Waals surface area contributed by atoms with E-state index >= 15 is 0 Å². The van der Waals surface area contributed by atoms with Gasteiger partial charge in [-0.25, -0.2) is 4.79 Å². The lowest BCUT2D eigenvalue weighted by molar-refractivity contribution is 0.0636. The first-order valence-electron chi connectivity index (χ1n) is 7.15. The molecule has 1 N–H and O–H groups in total. The molecule has 0 aliphatic rings. The molecule has 0 saturated heterocycles. The quantitative estimate of drug-likeness (QED) is 0.765. The molecular formula is C18H18BrNO3. The van der Waals surface area contributed by atoms with Crippen molar-refractivity contribution < 1.29 is 14.3 Å². The van der Waals surface area contributed by atoms with Gasteiger partial charge in [-0.15, -0.1) is 0 Å². The fourth-order valence-corrected chi connectivity index (χ4v) is 2.33. The maximum atomic E-state index is 12.7. The van der Waals surface area contributed by atoms with Crippen LogP contribution in [0.5, 0.6) is 0 Å². The van der Waals surface area contributed by atoms with E-state index in [2.05, 4.69) is 21.2 Å². The van der Waals surface area contributed by atoms with Gasteiger partial charge in [0.25, 0.3) is 0 Å². The molecule has 0 bridgehead atoms. The summed E-state index contributed by atoms with van der Waals surface area (Å²) >= 11 is 3.36. The molecule has 0 aliphatic heterocycles. The van der Waals surface area contributed by atoms with Crippen molar-refractivity contribution >= 4 is 33.5 Å². The molecule has 2 aromatic carbocycles. The second-order valence-corrected chi connectivity index (χ2v) is 6.93. The number of carbonyl (C=O) groups is 2. The van der Waals surface area contributed by atoms with Crippen molar-refractivity contribution in [1.82, 2.24) is 0 Å². The summed E-state index contributed by atoms with van der Waals surface area (Å²) in [7, 11) is 0. The Morgan fingerprint density at radius 1 is 1.04 bits per heavy atom. The van der Waals surface area contributed by atoms with Crippen molar-refractivity contribution in [2.75, 3.05) is 5.32 Å². The third-order valence-electron chi connectivity index (χ3n) is 2.90. The van der Waals surface area contributed by atoms with Gasteiger partial charge in [-0.3, -0.25) is 10.1 Å². The number of carbonyl (C=O) groups excluding carboxylic acids is 2. The van der Waals surface area contributed by atoms with Gasteiger partial charge in [0.1, 0.15) is 5.60 Å². The monoisotopic (exact) mass is 375 g/mol. The van der Waals surface area contributed by atoms with Gasteiger partial charge < -0.3 is 4.74 Å². The van der Waals surface area contributed by atoms with Gasteiger partial charge in [0.15, 0.2) is 5.78 Å². The summed E-state index contributed by atoms with van der Waals surface area (Å²) in [5, 5.41) is 2.64. The molecule has 0 radical (unpaired) electrons. The van der Waals surface area contributed by atoms with Crippen molar-refractivity contribution in [1.29, 1.82) is 0 Å². The number of nitrogens with one attached hydrogen (secondary N) is 1. The molecule has 1 amide bonds. The van der Waals surface area contributed by atoms with Crippen LogP contribution in [0.1, 0.15) is 36.7 Å². The predicted molar refractivity (Wildman–Crippen MR) is 93.9 cm³/mol. The maximum Gasteiger partial charge on any atom is 0.412 e. The second kappa shape index (κ2) is 6.96. The normalized spacial score (nSPS) is 11.0. The number of halogens is 1. The van der Waals surface area contributed by atoms with E-state index in [0.717, 1.165) is 4.47 Å². The van der Waals surface area contributed by atoms with Crippen LogP contribution in [0, 0.1) is 0 Å². The molecular weight excluding hydrogens is 358 g/mol. The summed E-state index contributed by atoms with van der Waals surface area (Å²) in [6, 6.07) is 14.0. The zero-order chi connectivity index (χ0) is 17.0. The number of anilines is 1. The first kappa shape index (κ1) is 17.2. The Labute approximate surface area is 144 Å². The van der Waals surface area contributed by atoms with Crippen molar-refractivity contribution in [2.45, 2.75) is 26.4 Å². The Bertz CT molecular complexity index is 721. The summed E-state index contributed by atoms with van der Waals surface area (Å²) in [4.78, 5) is 24.6. The van der Waals surface area contributed by atoms with Crippen LogP contribution >= 0.6 is 15.9 Å². The molecule has 0 atom stereocenters. The van der Waals surface area contributed by atoms with Crippen LogP contribution in [-0.4, -0.2) is 17.5 Å². The highest BCUT2D eigenvalue weighted by Crippen LogP contribution is 2.24. The summed E-state index contributed by atoms with van der Waals surface area (Å²) in [5.41, 5.74) is 0.758.